The molecule has 1 saturated carbocycles. The summed E-state index contributed by atoms with van der Waals surface area (Å²) < 4.78 is 0. The number of rotatable bonds is 10. The Bertz CT molecular complexity index is 812. The molecule has 1 heterocycles. The van der Waals surface area contributed by atoms with E-state index in [4.69, 9.17) is 0 Å². The van der Waals surface area contributed by atoms with Crippen molar-refractivity contribution in [2.75, 3.05) is 39.8 Å². The molecule has 0 bridgehead atoms. The van der Waals surface area contributed by atoms with Crippen LogP contribution < -0.4 is 0 Å². The number of aliphatic hydroxyl groups excluding tert-OH is 2. The van der Waals surface area contributed by atoms with Gasteiger partial charge in [-0.15, -0.1) is 0 Å². The van der Waals surface area contributed by atoms with Crippen molar-refractivity contribution in [3.63, 3.8) is 0 Å². The van der Waals surface area contributed by atoms with Crippen LogP contribution in [-0.2, 0) is 6.42 Å². The Kier molecular flexibility index (Phi) is 8.81. The molecule has 0 amide bonds. The molecule has 182 valence electrons. The molecule has 4 rings (SSSR count). The van der Waals surface area contributed by atoms with E-state index < -0.39 is 6.10 Å². The van der Waals surface area contributed by atoms with E-state index in [1.807, 2.05) is 12.1 Å². The molecule has 2 aliphatic carbocycles. The minimum absolute atomic E-state index is 0.174. The molecular weight excluding hydrogens is 408 g/mol. The first-order valence-electron chi connectivity index (χ1n) is 13.2. The number of unbranched alkanes of at least 4 members (excludes halogenated alkanes) is 2. The van der Waals surface area contributed by atoms with E-state index in [1.54, 1.807) is 5.57 Å². The summed E-state index contributed by atoms with van der Waals surface area (Å²) in [5, 5.41) is 21.2. The third-order valence-electron chi connectivity index (χ3n) is 8.10. The maximum atomic E-state index is 10.6. The van der Waals surface area contributed by atoms with Crippen LogP contribution in [0.5, 0.6) is 0 Å². The average Bonchev–Trinajstić information content (AvgIpc) is 3.29. The Morgan fingerprint density at radius 3 is 2.73 bits per heavy atom. The monoisotopic (exact) mass is 452 g/mol. The van der Waals surface area contributed by atoms with Crippen LogP contribution in [0.3, 0.4) is 0 Å². The van der Waals surface area contributed by atoms with E-state index in [0.717, 1.165) is 18.4 Å². The standard InChI is InChI=1S/C29H44N2O2/c1-22-7-6-9-23(17-22)19-26(32)10-11-27-28-20-24(18-25(28)21-29(27)33)8-4-3-5-12-31-15-13-30(2)14-16-31/h6-7,9-11,17-18,25-29,32-33H,3-5,8,12-16,19-21H2,1-2H3/b11-10+/t25-,26-,27+,28-,29+/m0/s1. The number of likely N-dealkylation sites (N-methyl/N-ethyl adjacent to an activating group) is 1. The van der Waals surface area contributed by atoms with Gasteiger partial charge in [0.1, 0.15) is 0 Å². The zero-order valence-electron chi connectivity index (χ0n) is 20.7. The number of nitrogens with zero attached hydrogens (tertiary/aromatic N) is 2. The van der Waals surface area contributed by atoms with Gasteiger partial charge in [-0.1, -0.05) is 60.1 Å². The Balaban J connectivity index is 1.17. The first-order chi connectivity index (χ1) is 16.0. The lowest BCUT2D eigenvalue weighted by Gasteiger charge is -2.32. The Hall–Kier alpha value is -1.46. The molecule has 1 saturated heterocycles. The Labute approximate surface area is 201 Å². The van der Waals surface area contributed by atoms with Gasteiger partial charge in [0.25, 0.3) is 0 Å². The highest BCUT2D eigenvalue weighted by Crippen LogP contribution is 2.48. The quantitative estimate of drug-likeness (QED) is 0.412. The summed E-state index contributed by atoms with van der Waals surface area (Å²) in [5.74, 6) is 1.21. The molecule has 0 aromatic heterocycles. The van der Waals surface area contributed by atoms with Crippen molar-refractivity contribution >= 4 is 0 Å². The van der Waals surface area contributed by atoms with Gasteiger partial charge in [-0.05, 0) is 70.0 Å². The van der Waals surface area contributed by atoms with Gasteiger partial charge in [-0.2, -0.15) is 0 Å². The maximum absolute atomic E-state index is 10.6. The molecule has 4 heteroatoms. The van der Waals surface area contributed by atoms with Crippen molar-refractivity contribution < 1.29 is 10.2 Å². The summed E-state index contributed by atoms with van der Waals surface area (Å²) in [6.45, 7) is 8.20. The Morgan fingerprint density at radius 2 is 1.94 bits per heavy atom. The van der Waals surface area contributed by atoms with Crippen LogP contribution in [0.4, 0.5) is 0 Å². The molecule has 3 aliphatic rings. The van der Waals surface area contributed by atoms with Gasteiger partial charge in [0.15, 0.2) is 0 Å². The third-order valence-corrected chi connectivity index (χ3v) is 8.10. The zero-order chi connectivity index (χ0) is 23.2. The summed E-state index contributed by atoms with van der Waals surface area (Å²) in [6, 6.07) is 8.34. The summed E-state index contributed by atoms with van der Waals surface area (Å²) >= 11 is 0. The zero-order valence-corrected chi connectivity index (χ0v) is 20.7. The predicted molar refractivity (Wildman–Crippen MR) is 136 cm³/mol. The van der Waals surface area contributed by atoms with E-state index >= 15 is 0 Å². The normalized spacial score (nSPS) is 29.5. The second-order valence-corrected chi connectivity index (χ2v) is 10.8. The average molecular weight is 453 g/mol. The first kappa shape index (κ1) is 24.7. The van der Waals surface area contributed by atoms with Crippen molar-refractivity contribution in [2.24, 2.45) is 17.8 Å². The lowest BCUT2D eigenvalue weighted by atomic mass is 9.88. The lowest BCUT2D eigenvalue weighted by Crippen LogP contribution is -2.44. The summed E-state index contributed by atoms with van der Waals surface area (Å²) in [7, 11) is 2.22. The molecule has 5 atom stereocenters. The topological polar surface area (TPSA) is 46.9 Å². The molecule has 33 heavy (non-hydrogen) atoms. The van der Waals surface area contributed by atoms with Crippen molar-refractivity contribution in [1.82, 2.24) is 9.80 Å². The smallest absolute Gasteiger partial charge is 0.0761 e. The van der Waals surface area contributed by atoms with Gasteiger partial charge in [-0.25, -0.2) is 0 Å². The van der Waals surface area contributed by atoms with E-state index in [1.165, 1.54) is 64.0 Å². The SMILES string of the molecule is Cc1cccc(C[C@@H](O)/C=C/[C@@H]2[C@H]3CC(CCCCCN4CCN(C)CC4)=C[C@H]3C[C@H]2O)c1. The molecule has 0 unspecified atom stereocenters. The van der Waals surface area contributed by atoms with Gasteiger partial charge >= 0.3 is 0 Å². The van der Waals surface area contributed by atoms with Crippen molar-refractivity contribution in [3.05, 3.63) is 59.2 Å². The molecule has 0 radical (unpaired) electrons. The van der Waals surface area contributed by atoms with Crippen LogP contribution in [0.25, 0.3) is 0 Å². The predicted octanol–water partition coefficient (Wildman–Crippen LogP) is 4.21. The van der Waals surface area contributed by atoms with E-state index in [-0.39, 0.29) is 12.0 Å². The summed E-state index contributed by atoms with van der Waals surface area (Å²) in [4.78, 5) is 5.04. The number of allylic oxidation sites excluding steroid dienone is 2. The second kappa shape index (κ2) is 11.8. The minimum atomic E-state index is -0.493. The molecule has 1 aliphatic heterocycles. The number of hydrogen-bond acceptors (Lipinski definition) is 4. The molecular formula is C29H44N2O2. The summed E-state index contributed by atoms with van der Waals surface area (Å²) in [6.07, 6.45) is 13.5. The fraction of sp³-hybridized carbons (Fsp3) is 0.655. The second-order valence-electron chi connectivity index (χ2n) is 10.8. The van der Waals surface area contributed by atoms with E-state index in [9.17, 15) is 10.2 Å². The van der Waals surface area contributed by atoms with Crippen LogP contribution in [0.2, 0.25) is 0 Å². The van der Waals surface area contributed by atoms with Gasteiger partial charge in [0.2, 0.25) is 0 Å². The number of benzene rings is 1. The maximum Gasteiger partial charge on any atom is 0.0761 e. The van der Waals surface area contributed by atoms with Crippen molar-refractivity contribution in [1.29, 1.82) is 0 Å². The molecule has 4 nitrogen and oxygen atoms in total. The lowest BCUT2D eigenvalue weighted by molar-refractivity contribution is 0.140. The highest BCUT2D eigenvalue weighted by molar-refractivity contribution is 5.24. The molecule has 2 N–H and O–H groups in total. The van der Waals surface area contributed by atoms with Gasteiger partial charge < -0.3 is 20.0 Å². The number of fused-ring (bicyclic) bond motifs is 1. The van der Waals surface area contributed by atoms with E-state index in [0.29, 0.717) is 18.3 Å². The number of piperazine rings is 1. The first-order valence-corrected chi connectivity index (χ1v) is 13.2. The summed E-state index contributed by atoms with van der Waals surface area (Å²) in [5.41, 5.74) is 3.99. The van der Waals surface area contributed by atoms with Crippen molar-refractivity contribution in [2.45, 2.75) is 64.1 Å². The minimum Gasteiger partial charge on any atom is -0.392 e. The van der Waals surface area contributed by atoms with Crippen LogP contribution in [0, 0.1) is 24.7 Å². The molecule has 2 fully saturated rings. The van der Waals surface area contributed by atoms with Crippen LogP contribution in [0.1, 0.15) is 49.7 Å². The highest BCUT2D eigenvalue weighted by Gasteiger charge is 2.43. The van der Waals surface area contributed by atoms with Crippen molar-refractivity contribution in [3.8, 4) is 0 Å². The van der Waals surface area contributed by atoms with Gasteiger partial charge in [0, 0.05) is 38.5 Å². The van der Waals surface area contributed by atoms with Gasteiger partial charge in [-0.3, -0.25) is 0 Å². The Morgan fingerprint density at radius 1 is 1.12 bits per heavy atom. The number of hydrogen-bond donors (Lipinski definition) is 2. The van der Waals surface area contributed by atoms with Crippen LogP contribution >= 0.6 is 0 Å². The number of aryl methyl sites for hydroxylation is 1. The fourth-order valence-electron chi connectivity index (χ4n) is 6.13. The third kappa shape index (κ3) is 7.02. The largest absolute Gasteiger partial charge is 0.392 e. The van der Waals surface area contributed by atoms with Gasteiger partial charge in [0.05, 0.1) is 12.2 Å². The highest BCUT2D eigenvalue weighted by atomic mass is 16.3. The van der Waals surface area contributed by atoms with E-state index in [2.05, 4.69) is 54.1 Å². The van der Waals surface area contributed by atoms with Crippen LogP contribution in [0.15, 0.2) is 48.1 Å². The molecule has 1 aromatic rings. The fourth-order valence-corrected chi connectivity index (χ4v) is 6.13. The molecule has 1 aromatic carbocycles. The number of aliphatic hydroxyl groups is 2. The van der Waals surface area contributed by atoms with Crippen LogP contribution in [-0.4, -0.2) is 72.0 Å². The molecule has 0 spiro atoms.